The largest absolute Gasteiger partial charge is 0.480 e. The Hall–Kier alpha value is -2.10. The first kappa shape index (κ1) is 12.0. The molecule has 1 fully saturated rings. The molecular weight excluding hydrogens is 240 g/mol. The van der Waals surface area contributed by atoms with Gasteiger partial charge in [-0.05, 0) is 36.8 Å². The summed E-state index contributed by atoms with van der Waals surface area (Å²) in [6, 6.07) is 7.61. The van der Waals surface area contributed by atoms with E-state index in [0.29, 0.717) is 6.42 Å². The van der Waals surface area contributed by atoms with Crippen LogP contribution < -0.4 is 4.90 Å². The maximum absolute atomic E-state index is 11.3. The van der Waals surface area contributed by atoms with Gasteiger partial charge in [-0.2, -0.15) is 0 Å². The third-order valence-electron chi connectivity index (χ3n) is 3.81. The first-order valence-electron chi connectivity index (χ1n) is 6.52. The molecule has 0 saturated carbocycles. The van der Waals surface area contributed by atoms with Gasteiger partial charge in [-0.25, -0.2) is 9.78 Å². The van der Waals surface area contributed by atoms with E-state index in [-0.39, 0.29) is 0 Å². The van der Waals surface area contributed by atoms with E-state index in [1.807, 2.05) is 23.1 Å². The molecule has 1 aliphatic heterocycles. The second kappa shape index (κ2) is 4.53. The maximum Gasteiger partial charge on any atom is 0.326 e. The fourth-order valence-electron chi connectivity index (χ4n) is 2.85. The van der Waals surface area contributed by atoms with Crippen LogP contribution >= 0.6 is 0 Å². The Labute approximate surface area is 111 Å². The molecule has 0 amide bonds. The number of hydrogen-bond acceptors (Lipinski definition) is 3. The topological polar surface area (TPSA) is 53.4 Å². The molecule has 1 unspecified atom stereocenters. The molecule has 2 heterocycles. The number of pyridine rings is 1. The molecule has 0 radical (unpaired) electrons. The van der Waals surface area contributed by atoms with Gasteiger partial charge >= 0.3 is 5.97 Å². The van der Waals surface area contributed by atoms with Gasteiger partial charge in [0.05, 0.1) is 0 Å². The van der Waals surface area contributed by atoms with Crippen molar-refractivity contribution >= 4 is 22.6 Å². The van der Waals surface area contributed by atoms with Crippen molar-refractivity contribution in [3.05, 3.63) is 36.0 Å². The van der Waals surface area contributed by atoms with Crippen molar-refractivity contribution in [1.82, 2.24) is 4.98 Å². The predicted molar refractivity (Wildman–Crippen MR) is 74.5 cm³/mol. The minimum atomic E-state index is -0.760. The lowest BCUT2D eigenvalue weighted by Crippen LogP contribution is -2.36. The Balaban J connectivity index is 2.15. The molecule has 1 aromatic heterocycles. The highest BCUT2D eigenvalue weighted by atomic mass is 16.4. The van der Waals surface area contributed by atoms with Crippen molar-refractivity contribution in [2.24, 2.45) is 0 Å². The number of benzene rings is 1. The molecule has 0 bridgehead atoms. The highest BCUT2D eigenvalue weighted by molar-refractivity contribution is 5.95. The highest BCUT2D eigenvalue weighted by Crippen LogP contribution is 2.31. The standard InChI is InChI=1S/C15H16N2O2/c1-10-4-2-5-12-11(10)7-8-16-14(12)17-9-3-6-13(17)15(18)19/h2,4-5,7-8,13H,3,6,9H2,1H3,(H,18,19). The minimum Gasteiger partial charge on any atom is -0.480 e. The quantitative estimate of drug-likeness (QED) is 0.897. The molecule has 3 rings (SSSR count). The third-order valence-corrected chi connectivity index (χ3v) is 3.81. The molecule has 0 spiro atoms. The first-order chi connectivity index (χ1) is 9.18. The Bertz CT molecular complexity index is 639. The number of aromatic nitrogens is 1. The Morgan fingerprint density at radius 2 is 2.21 bits per heavy atom. The lowest BCUT2D eigenvalue weighted by Gasteiger charge is -2.24. The number of carboxylic acids is 1. The van der Waals surface area contributed by atoms with Gasteiger partial charge in [-0.3, -0.25) is 0 Å². The number of nitrogens with zero attached hydrogens (tertiary/aromatic N) is 2. The van der Waals surface area contributed by atoms with Crippen LogP contribution in [0.2, 0.25) is 0 Å². The number of aryl methyl sites for hydroxylation is 1. The van der Waals surface area contributed by atoms with E-state index in [1.165, 1.54) is 5.56 Å². The average molecular weight is 256 g/mol. The van der Waals surface area contributed by atoms with Crippen LogP contribution in [-0.2, 0) is 4.79 Å². The summed E-state index contributed by atoms with van der Waals surface area (Å²) < 4.78 is 0. The van der Waals surface area contributed by atoms with Crippen molar-refractivity contribution in [3.63, 3.8) is 0 Å². The van der Waals surface area contributed by atoms with Gasteiger partial charge < -0.3 is 10.0 Å². The van der Waals surface area contributed by atoms with Crippen molar-refractivity contribution in [2.75, 3.05) is 11.4 Å². The van der Waals surface area contributed by atoms with E-state index in [9.17, 15) is 9.90 Å². The number of anilines is 1. The van der Waals surface area contributed by atoms with Crippen molar-refractivity contribution in [3.8, 4) is 0 Å². The first-order valence-corrected chi connectivity index (χ1v) is 6.52. The number of carboxylic acid groups (broad SMARTS) is 1. The lowest BCUT2D eigenvalue weighted by atomic mass is 10.1. The molecule has 1 saturated heterocycles. The SMILES string of the molecule is Cc1cccc2c(N3CCCC3C(=O)O)nccc12. The van der Waals surface area contributed by atoms with Crippen LogP contribution in [-0.4, -0.2) is 28.6 Å². The van der Waals surface area contributed by atoms with Crippen molar-refractivity contribution in [1.29, 1.82) is 0 Å². The molecular formula is C15H16N2O2. The van der Waals surface area contributed by atoms with E-state index >= 15 is 0 Å². The van der Waals surface area contributed by atoms with Crippen LogP contribution in [0.5, 0.6) is 0 Å². The van der Waals surface area contributed by atoms with Gasteiger partial charge in [0.1, 0.15) is 11.9 Å². The third kappa shape index (κ3) is 1.93. The summed E-state index contributed by atoms with van der Waals surface area (Å²) >= 11 is 0. The molecule has 19 heavy (non-hydrogen) atoms. The van der Waals surface area contributed by atoms with Crippen LogP contribution in [0.15, 0.2) is 30.5 Å². The lowest BCUT2D eigenvalue weighted by molar-refractivity contribution is -0.138. The minimum absolute atomic E-state index is 0.446. The molecule has 98 valence electrons. The van der Waals surface area contributed by atoms with Gasteiger partial charge in [0, 0.05) is 18.1 Å². The second-order valence-electron chi connectivity index (χ2n) is 4.99. The summed E-state index contributed by atoms with van der Waals surface area (Å²) in [5.41, 5.74) is 1.19. The van der Waals surface area contributed by atoms with Gasteiger partial charge in [0.25, 0.3) is 0 Å². The molecule has 1 aromatic carbocycles. The van der Waals surface area contributed by atoms with Crippen LogP contribution in [0.4, 0.5) is 5.82 Å². The zero-order chi connectivity index (χ0) is 13.4. The van der Waals surface area contributed by atoms with E-state index in [2.05, 4.69) is 18.0 Å². The van der Waals surface area contributed by atoms with Crippen LogP contribution in [0.25, 0.3) is 10.8 Å². The van der Waals surface area contributed by atoms with E-state index < -0.39 is 12.0 Å². The number of rotatable bonds is 2. The Kier molecular flexibility index (Phi) is 2.85. The summed E-state index contributed by atoms with van der Waals surface area (Å²) in [6.07, 6.45) is 3.36. The summed E-state index contributed by atoms with van der Waals surface area (Å²) in [5.74, 6) is 0.0371. The fourth-order valence-corrected chi connectivity index (χ4v) is 2.85. The molecule has 4 nitrogen and oxygen atoms in total. The van der Waals surface area contributed by atoms with Gasteiger partial charge in [-0.1, -0.05) is 18.2 Å². The highest BCUT2D eigenvalue weighted by Gasteiger charge is 2.32. The fraction of sp³-hybridized carbons (Fsp3) is 0.333. The molecule has 1 N–H and O–H groups in total. The summed E-state index contributed by atoms with van der Waals surface area (Å²) in [7, 11) is 0. The van der Waals surface area contributed by atoms with Crippen molar-refractivity contribution in [2.45, 2.75) is 25.8 Å². The van der Waals surface area contributed by atoms with Gasteiger partial charge in [-0.15, -0.1) is 0 Å². The summed E-state index contributed by atoms with van der Waals surface area (Å²) in [4.78, 5) is 17.7. The molecule has 0 aliphatic carbocycles. The second-order valence-corrected chi connectivity index (χ2v) is 4.99. The van der Waals surface area contributed by atoms with Gasteiger partial charge in [0.15, 0.2) is 0 Å². The number of hydrogen-bond donors (Lipinski definition) is 1. The molecule has 2 aromatic rings. The molecule has 4 heteroatoms. The van der Waals surface area contributed by atoms with Gasteiger partial charge in [0.2, 0.25) is 0 Å². The van der Waals surface area contributed by atoms with Crippen LogP contribution in [0, 0.1) is 6.92 Å². The smallest absolute Gasteiger partial charge is 0.326 e. The van der Waals surface area contributed by atoms with E-state index in [0.717, 1.165) is 29.6 Å². The number of fused-ring (bicyclic) bond motifs is 1. The number of aliphatic carboxylic acids is 1. The maximum atomic E-state index is 11.3. The zero-order valence-electron chi connectivity index (χ0n) is 10.8. The Morgan fingerprint density at radius 3 is 3.00 bits per heavy atom. The average Bonchev–Trinajstić information content (AvgIpc) is 2.88. The monoisotopic (exact) mass is 256 g/mol. The summed E-state index contributed by atoms with van der Waals surface area (Å²) in [6.45, 7) is 2.82. The van der Waals surface area contributed by atoms with Crippen LogP contribution in [0.1, 0.15) is 18.4 Å². The normalized spacial score (nSPS) is 19.0. The Morgan fingerprint density at radius 1 is 1.37 bits per heavy atom. The number of carbonyl (C=O) groups is 1. The molecule has 1 atom stereocenters. The molecule has 1 aliphatic rings. The van der Waals surface area contributed by atoms with Crippen molar-refractivity contribution < 1.29 is 9.90 Å². The zero-order valence-corrected chi connectivity index (χ0v) is 10.8. The van der Waals surface area contributed by atoms with E-state index in [4.69, 9.17) is 0 Å². The predicted octanol–water partition coefficient (Wildman–Crippen LogP) is 2.60. The summed E-state index contributed by atoms with van der Waals surface area (Å²) in [5, 5.41) is 11.5. The van der Waals surface area contributed by atoms with E-state index in [1.54, 1.807) is 6.20 Å². The van der Waals surface area contributed by atoms with Crippen LogP contribution in [0.3, 0.4) is 0 Å².